The van der Waals surface area contributed by atoms with E-state index in [9.17, 15) is 4.79 Å². The summed E-state index contributed by atoms with van der Waals surface area (Å²) in [4.78, 5) is 11.3. The van der Waals surface area contributed by atoms with Crippen molar-refractivity contribution in [3.8, 4) is 5.75 Å². The largest absolute Gasteiger partial charge is 0.486 e. The van der Waals surface area contributed by atoms with E-state index in [4.69, 9.17) is 4.74 Å². The summed E-state index contributed by atoms with van der Waals surface area (Å²) in [6, 6.07) is 5.79. The number of fused-ring (bicyclic) bond motifs is 1. The molecule has 0 spiro atoms. The van der Waals surface area contributed by atoms with Gasteiger partial charge in [-0.25, -0.2) is 0 Å². The fourth-order valence-corrected chi connectivity index (χ4v) is 2.16. The van der Waals surface area contributed by atoms with Crippen LogP contribution in [0.25, 0.3) is 0 Å². The number of nitrogens with one attached hydrogen (secondary N) is 2. The molecule has 2 rings (SSSR count). The van der Waals surface area contributed by atoms with Gasteiger partial charge < -0.3 is 15.4 Å². The molecule has 0 saturated carbocycles. The smallest absolute Gasteiger partial charge is 0.159 e. The number of ketones is 1. The molecule has 0 radical (unpaired) electrons. The van der Waals surface area contributed by atoms with E-state index in [1.807, 2.05) is 25.2 Å². The summed E-state index contributed by atoms with van der Waals surface area (Å²) in [5, 5.41) is 6.54. The lowest BCUT2D eigenvalue weighted by Gasteiger charge is -2.33. The van der Waals surface area contributed by atoms with Gasteiger partial charge in [-0.05, 0) is 52.1 Å². The summed E-state index contributed by atoms with van der Waals surface area (Å²) in [6.07, 6.45) is 1.12. The van der Waals surface area contributed by atoms with Crippen molar-refractivity contribution in [2.75, 3.05) is 18.9 Å². The Kier molecular flexibility index (Phi) is 3.87. The predicted octanol–water partition coefficient (Wildman–Crippen LogP) is 2.06. The van der Waals surface area contributed by atoms with Gasteiger partial charge in [-0.1, -0.05) is 0 Å². The van der Waals surface area contributed by atoms with Crippen LogP contribution in [-0.2, 0) is 0 Å². The standard InChI is InChI=1S/C14H20N2O2/c1-9-13(6-7-15-3)18-14-5-4-11(10(2)17)8-12(14)16-9/h4-5,8-9,13,15-16H,6-7H2,1-3H3. The topological polar surface area (TPSA) is 50.4 Å². The summed E-state index contributed by atoms with van der Waals surface area (Å²) < 4.78 is 5.97. The van der Waals surface area contributed by atoms with E-state index in [1.165, 1.54) is 0 Å². The molecule has 0 amide bonds. The third kappa shape index (κ3) is 2.64. The average Bonchev–Trinajstić information content (AvgIpc) is 2.35. The van der Waals surface area contributed by atoms with Crippen LogP contribution in [-0.4, -0.2) is 31.5 Å². The Balaban J connectivity index is 2.17. The number of hydrogen-bond acceptors (Lipinski definition) is 4. The Morgan fingerprint density at radius 1 is 1.50 bits per heavy atom. The first-order valence-corrected chi connectivity index (χ1v) is 6.34. The Morgan fingerprint density at radius 3 is 2.94 bits per heavy atom. The van der Waals surface area contributed by atoms with Gasteiger partial charge >= 0.3 is 0 Å². The molecule has 4 nitrogen and oxygen atoms in total. The molecule has 1 aromatic rings. The first-order valence-electron chi connectivity index (χ1n) is 6.34. The molecule has 1 heterocycles. The van der Waals surface area contributed by atoms with Gasteiger partial charge in [-0.15, -0.1) is 0 Å². The van der Waals surface area contributed by atoms with Crippen LogP contribution in [0.2, 0.25) is 0 Å². The van der Waals surface area contributed by atoms with Gasteiger partial charge in [0.25, 0.3) is 0 Å². The molecule has 1 aliphatic rings. The monoisotopic (exact) mass is 248 g/mol. The fourth-order valence-electron chi connectivity index (χ4n) is 2.16. The first-order chi connectivity index (χ1) is 8.61. The second kappa shape index (κ2) is 5.40. The molecular weight excluding hydrogens is 228 g/mol. The summed E-state index contributed by atoms with van der Waals surface area (Å²) in [7, 11) is 1.94. The average molecular weight is 248 g/mol. The highest BCUT2D eigenvalue weighted by molar-refractivity contribution is 5.95. The van der Waals surface area contributed by atoms with Crippen LogP contribution in [0.5, 0.6) is 5.75 Å². The van der Waals surface area contributed by atoms with Crippen molar-refractivity contribution in [1.82, 2.24) is 5.32 Å². The Hall–Kier alpha value is -1.55. The van der Waals surface area contributed by atoms with E-state index in [0.717, 1.165) is 24.4 Å². The van der Waals surface area contributed by atoms with Gasteiger partial charge in [0.2, 0.25) is 0 Å². The van der Waals surface area contributed by atoms with E-state index in [-0.39, 0.29) is 17.9 Å². The zero-order valence-electron chi connectivity index (χ0n) is 11.1. The highest BCUT2D eigenvalue weighted by Crippen LogP contribution is 2.33. The zero-order valence-corrected chi connectivity index (χ0v) is 11.1. The number of carbonyl (C=O) groups is 1. The first kappa shape index (κ1) is 12.9. The van der Waals surface area contributed by atoms with E-state index in [0.29, 0.717) is 5.56 Å². The lowest BCUT2D eigenvalue weighted by Crippen LogP contribution is -2.40. The number of benzene rings is 1. The van der Waals surface area contributed by atoms with E-state index >= 15 is 0 Å². The number of ether oxygens (including phenoxy) is 1. The van der Waals surface area contributed by atoms with Gasteiger partial charge in [-0.2, -0.15) is 0 Å². The van der Waals surface area contributed by atoms with Crippen LogP contribution in [0, 0.1) is 0 Å². The maximum Gasteiger partial charge on any atom is 0.159 e. The fraction of sp³-hybridized carbons (Fsp3) is 0.500. The molecule has 0 saturated heterocycles. The van der Waals surface area contributed by atoms with Crippen molar-refractivity contribution >= 4 is 11.5 Å². The molecule has 18 heavy (non-hydrogen) atoms. The van der Waals surface area contributed by atoms with Crippen LogP contribution < -0.4 is 15.4 Å². The molecule has 98 valence electrons. The molecule has 0 fully saturated rings. The van der Waals surface area contributed by atoms with Crippen molar-refractivity contribution in [3.05, 3.63) is 23.8 Å². The van der Waals surface area contributed by atoms with Crippen LogP contribution in [0.1, 0.15) is 30.6 Å². The van der Waals surface area contributed by atoms with Crippen LogP contribution in [0.4, 0.5) is 5.69 Å². The second-order valence-corrected chi connectivity index (χ2v) is 4.75. The van der Waals surface area contributed by atoms with Crippen molar-refractivity contribution in [2.45, 2.75) is 32.4 Å². The molecule has 4 heteroatoms. The second-order valence-electron chi connectivity index (χ2n) is 4.75. The minimum Gasteiger partial charge on any atom is -0.486 e. The predicted molar refractivity (Wildman–Crippen MR) is 72.5 cm³/mol. The molecule has 0 aliphatic carbocycles. The number of Topliss-reactive ketones (excluding diaryl/α,β-unsaturated/α-hetero) is 1. The quantitative estimate of drug-likeness (QED) is 0.801. The van der Waals surface area contributed by atoms with Crippen molar-refractivity contribution in [1.29, 1.82) is 0 Å². The Labute approximate surface area is 108 Å². The summed E-state index contributed by atoms with van der Waals surface area (Å²) in [5.41, 5.74) is 1.63. The van der Waals surface area contributed by atoms with Gasteiger partial charge in [0.1, 0.15) is 11.9 Å². The molecular formula is C14H20N2O2. The van der Waals surface area contributed by atoms with Gasteiger partial charge in [0.15, 0.2) is 5.78 Å². The molecule has 1 aromatic carbocycles. The summed E-state index contributed by atoms with van der Waals surface area (Å²) >= 11 is 0. The minimum atomic E-state index is 0.0737. The van der Waals surface area contributed by atoms with E-state index in [2.05, 4.69) is 17.6 Å². The summed E-state index contributed by atoms with van der Waals surface area (Å²) in [6.45, 7) is 4.60. The Morgan fingerprint density at radius 2 is 2.28 bits per heavy atom. The number of rotatable bonds is 4. The van der Waals surface area contributed by atoms with Crippen LogP contribution >= 0.6 is 0 Å². The number of anilines is 1. The highest BCUT2D eigenvalue weighted by atomic mass is 16.5. The van der Waals surface area contributed by atoms with Gasteiger partial charge in [0.05, 0.1) is 11.7 Å². The number of carbonyl (C=O) groups excluding carboxylic acids is 1. The third-order valence-electron chi connectivity index (χ3n) is 3.28. The molecule has 0 bridgehead atoms. The highest BCUT2D eigenvalue weighted by Gasteiger charge is 2.25. The van der Waals surface area contributed by atoms with Crippen molar-refractivity contribution in [3.63, 3.8) is 0 Å². The van der Waals surface area contributed by atoms with Gasteiger partial charge in [-0.3, -0.25) is 4.79 Å². The van der Waals surface area contributed by atoms with Crippen molar-refractivity contribution < 1.29 is 9.53 Å². The normalized spacial score (nSPS) is 21.7. The molecule has 1 aliphatic heterocycles. The molecule has 2 N–H and O–H groups in total. The van der Waals surface area contributed by atoms with E-state index in [1.54, 1.807) is 6.92 Å². The third-order valence-corrected chi connectivity index (χ3v) is 3.28. The summed E-state index contributed by atoms with van der Waals surface area (Å²) in [5.74, 6) is 0.906. The number of hydrogen-bond donors (Lipinski definition) is 2. The van der Waals surface area contributed by atoms with E-state index < -0.39 is 0 Å². The lowest BCUT2D eigenvalue weighted by molar-refractivity contribution is 0.101. The lowest BCUT2D eigenvalue weighted by atomic mass is 10.0. The van der Waals surface area contributed by atoms with Gasteiger partial charge in [0, 0.05) is 5.56 Å². The molecule has 2 atom stereocenters. The SMILES string of the molecule is CNCCC1Oc2ccc(C(C)=O)cc2NC1C. The van der Waals surface area contributed by atoms with Crippen molar-refractivity contribution in [2.24, 2.45) is 0 Å². The minimum absolute atomic E-state index is 0.0737. The Bertz CT molecular complexity index is 445. The molecule has 0 aromatic heterocycles. The zero-order chi connectivity index (χ0) is 13.1. The maximum absolute atomic E-state index is 11.3. The maximum atomic E-state index is 11.3. The van der Waals surface area contributed by atoms with Crippen LogP contribution in [0.15, 0.2) is 18.2 Å². The van der Waals surface area contributed by atoms with Crippen LogP contribution in [0.3, 0.4) is 0 Å². The molecule has 2 unspecified atom stereocenters.